The molecule has 0 aromatic heterocycles. The van der Waals surface area contributed by atoms with E-state index in [4.69, 9.17) is 4.74 Å². The highest BCUT2D eigenvalue weighted by molar-refractivity contribution is 7.91. The van der Waals surface area contributed by atoms with E-state index >= 15 is 0 Å². The second-order valence-corrected chi connectivity index (χ2v) is 7.28. The fourth-order valence-corrected chi connectivity index (χ4v) is 4.30. The van der Waals surface area contributed by atoms with E-state index in [0.29, 0.717) is 0 Å². The summed E-state index contributed by atoms with van der Waals surface area (Å²) in [5, 5.41) is -0.904. The number of halogens is 1. The fraction of sp³-hybridized carbons (Fsp3) is 0.500. The summed E-state index contributed by atoms with van der Waals surface area (Å²) in [6.45, 7) is 0.320. The van der Waals surface area contributed by atoms with Crippen molar-refractivity contribution in [3.63, 3.8) is 0 Å². The van der Waals surface area contributed by atoms with Gasteiger partial charge in [-0.25, -0.2) is 12.8 Å². The van der Waals surface area contributed by atoms with E-state index in [1.807, 2.05) is 0 Å². The zero-order chi connectivity index (χ0) is 15.5. The second-order valence-electron chi connectivity index (χ2n) is 4.98. The Kier molecular flexibility index (Phi) is 4.95. The van der Waals surface area contributed by atoms with E-state index in [2.05, 4.69) is 0 Å². The number of amides is 1. The summed E-state index contributed by atoms with van der Waals surface area (Å²) < 4.78 is 43.3. The molecule has 2 rings (SSSR count). The summed E-state index contributed by atoms with van der Waals surface area (Å²) in [5.41, 5.74) is 0.179. The van der Waals surface area contributed by atoms with Crippen molar-refractivity contribution < 1.29 is 22.3 Å². The van der Waals surface area contributed by atoms with Gasteiger partial charge in [-0.1, -0.05) is 18.2 Å². The summed E-state index contributed by atoms with van der Waals surface area (Å²) in [4.78, 5) is 13.3. The average Bonchev–Trinajstić information content (AvgIpc) is 2.58. The minimum absolute atomic E-state index is 0.0790. The molecular formula is C14H18FNO4S. The Bertz CT molecular complexity index is 617. The van der Waals surface area contributed by atoms with Crippen LogP contribution in [0.1, 0.15) is 17.2 Å². The normalized spacial score (nSPS) is 21.8. The number of carbonyl (C=O) groups excluding carboxylic acids is 1. The molecular weight excluding hydrogens is 297 g/mol. The third kappa shape index (κ3) is 3.59. The molecule has 1 fully saturated rings. The highest BCUT2D eigenvalue weighted by atomic mass is 32.2. The van der Waals surface area contributed by atoms with Crippen LogP contribution in [0.25, 0.3) is 0 Å². The number of hydrogen-bond donors (Lipinski definition) is 0. The lowest BCUT2D eigenvalue weighted by Crippen LogP contribution is -2.36. The van der Waals surface area contributed by atoms with Crippen LogP contribution in [-0.4, -0.2) is 51.8 Å². The van der Waals surface area contributed by atoms with Gasteiger partial charge < -0.3 is 9.64 Å². The van der Waals surface area contributed by atoms with Gasteiger partial charge in [-0.15, -0.1) is 0 Å². The Balaban J connectivity index is 2.24. The molecule has 1 atom stereocenters. The largest absolute Gasteiger partial charge is 0.375 e. The lowest BCUT2D eigenvalue weighted by Gasteiger charge is -2.19. The standard InChI is InChI=1S/C14H18FNO4S/c1-20-10-14(17)16-7-6-13(21(18,19)9-8-16)11-4-2-3-5-12(11)15/h2-5,13H,6-10H2,1H3. The molecule has 0 bridgehead atoms. The lowest BCUT2D eigenvalue weighted by atomic mass is 10.1. The van der Waals surface area contributed by atoms with Crippen LogP contribution in [0, 0.1) is 5.82 Å². The number of ether oxygens (including phenoxy) is 1. The van der Waals surface area contributed by atoms with Gasteiger partial charge in [0.25, 0.3) is 0 Å². The molecule has 1 amide bonds. The quantitative estimate of drug-likeness (QED) is 0.840. The van der Waals surface area contributed by atoms with Gasteiger partial charge in [0.05, 0.1) is 11.0 Å². The van der Waals surface area contributed by atoms with Crippen molar-refractivity contribution in [2.24, 2.45) is 0 Å². The molecule has 7 heteroatoms. The van der Waals surface area contributed by atoms with Crippen LogP contribution in [-0.2, 0) is 19.4 Å². The van der Waals surface area contributed by atoms with Crippen molar-refractivity contribution >= 4 is 15.7 Å². The molecule has 21 heavy (non-hydrogen) atoms. The van der Waals surface area contributed by atoms with Gasteiger partial charge in [0, 0.05) is 25.8 Å². The maximum atomic E-state index is 13.9. The Morgan fingerprint density at radius 1 is 1.38 bits per heavy atom. The van der Waals surface area contributed by atoms with Crippen LogP contribution in [0.15, 0.2) is 24.3 Å². The molecule has 0 spiro atoms. The van der Waals surface area contributed by atoms with Gasteiger partial charge in [-0.3, -0.25) is 4.79 Å². The van der Waals surface area contributed by atoms with E-state index in [1.165, 1.54) is 30.2 Å². The summed E-state index contributed by atoms with van der Waals surface area (Å²) in [5.74, 6) is -0.939. The van der Waals surface area contributed by atoms with Gasteiger partial charge in [0.15, 0.2) is 9.84 Å². The number of hydrogen-bond acceptors (Lipinski definition) is 4. The van der Waals surface area contributed by atoms with Crippen LogP contribution < -0.4 is 0 Å². The molecule has 0 N–H and O–H groups in total. The van der Waals surface area contributed by atoms with Crippen molar-refractivity contribution in [1.82, 2.24) is 4.90 Å². The molecule has 0 aliphatic carbocycles. The smallest absolute Gasteiger partial charge is 0.248 e. The van der Waals surface area contributed by atoms with Crippen LogP contribution in [0.4, 0.5) is 4.39 Å². The molecule has 1 saturated heterocycles. The zero-order valence-electron chi connectivity index (χ0n) is 11.8. The third-order valence-corrected chi connectivity index (χ3v) is 5.72. The molecule has 5 nitrogen and oxygen atoms in total. The van der Waals surface area contributed by atoms with Gasteiger partial charge >= 0.3 is 0 Å². The predicted molar refractivity (Wildman–Crippen MR) is 76.0 cm³/mol. The Hall–Kier alpha value is -1.47. The Labute approximate surface area is 123 Å². The van der Waals surface area contributed by atoms with Crippen molar-refractivity contribution in [2.75, 3.05) is 32.6 Å². The number of carbonyl (C=O) groups is 1. The van der Waals surface area contributed by atoms with Crippen LogP contribution in [0.5, 0.6) is 0 Å². The highest BCUT2D eigenvalue weighted by Crippen LogP contribution is 2.31. The maximum absolute atomic E-state index is 13.9. The molecule has 1 unspecified atom stereocenters. The number of nitrogens with zero attached hydrogens (tertiary/aromatic N) is 1. The van der Waals surface area contributed by atoms with E-state index in [9.17, 15) is 17.6 Å². The first-order chi connectivity index (χ1) is 9.95. The first kappa shape index (κ1) is 15.9. The molecule has 1 aliphatic rings. The van der Waals surface area contributed by atoms with Crippen molar-refractivity contribution in [2.45, 2.75) is 11.7 Å². The molecule has 1 aromatic rings. The molecule has 1 aliphatic heterocycles. The fourth-order valence-electron chi connectivity index (χ4n) is 2.49. The summed E-state index contributed by atoms with van der Waals surface area (Å²) in [6.07, 6.45) is 0.193. The summed E-state index contributed by atoms with van der Waals surface area (Å²) in [7, 11) is -2.08. The topological polar surface area (TPSA) is 63.7 Å². The Morgan fingerprint density at radius 2 is 2.10 bits per heavy atom. The minimum Gasteiger partial charge on any atom is -0.375 e. The number of methoxy groups -OCH3 is 1. The van der Waals surface area contributed by atoms with E-state index < -0.39 is 20.9 Å². The number of rotatable bonds is 3. The van der Waals surface area contributed by atoms with Crippen molar-refractivity contribution in [3.05, 3.63) is 35.6 Å². The SMILES string of the molecule is COCC(=O)N1CCC(c2ccccc2F)S(=O)(=O)CC1. The highest BCUT2D eigenvalue weighted by Gasteiger charge is 2.33. The van der Waals surface area contributed by atoms with Gasteiger partial charge in [-0.2, -0.15) is 0 Å². The first-order valence-electron chi connectivity index (χ1n) is 6.68. The third-order valence-electron chi connectivity index (χ3n) is 3.61. The zero-order valence-corrected chi connectivity index (χ0v) is 12.6. The average molecular weight is 315 g/mol. The molecule has 1 heterocycles. The van der Waals surface area contributed by atoms with Crippen LogP contribution >= 0.6 is 0 Å². The van der Waals surface area contributed by atoms with Crippen LogP contribution in [0.3, 0.4) is 0 Å². The van der Waals surface area contributed by atoms with E-state index in [1.54, 1.807) is 6.07 Å². The second kappa shape index (κ2) is 6.53. The van der Waals surface area contributed by atoms with Gasteiger partial charge in [-0.05, 0) is 12.5 Å². The lowest BCUT2D eigenvalue weighted by molar-refractivity contribution is -0.134. The van der Waals surface area contributed by atoms with Crippen molar-refractivity contribution in [1.29, 1.82) is 0 Å². The molecule has 116 valence electrons. The molecule has 1 aromatic carbocycles. The molecule has 0 radical (unpaired) electrons. The summed E-state index contributed by atoms with van der Waals surface area (Å²) in [6, 6.07) is 5.89. The number of sulfone groups is 1. The van der Waals surface area contributed by atoms with E-state index in [-0.39, 0.29) is 43.3 Å². The predicted octanol–water partition coefficient (Wildman–Crippen LogP) is 1.16. The number of benzene rings is 1. The summed E-state index contributed by atoms with van der Waals surface area (Å²) >= 11 is 0. The maximum Gasteiger partial charge on any atom is 0.248 e. The first-order valence-corrected chi connectivity index (χ1v) is 8.40. The minimum atomic E-state index is -3.49. The van der Waals surface area contributed by atoms with Gasteiger partial charge in [0.2, 0.25) is 5.91 Å². The van der Waals surface area contributed by atoms with Crippen LogP contribution in [0.2, 0.25) is 0 Å². The van der Waals surface area contributed by atoms with E-state index in [0.717, 1.165) is 0 Å². The molecule has 0 saturated carbocycles. The van der Waals surface area contributed by atoms with Gasteiger partial charge in [0.1, 0.15) is 12.4 Å². The monoisotopic (exact) mass is 315 g/mol. The van der Waals surface area contributed by atoms with Crippen molar-refractivity contribution in [3.8, 4) is 0 Å². The Morgan fingerprint density at radius 3 is 2.76 bits per heavy atom.